The number of esters is 1. The number of nitrogens with zero attached hydrogens (tertiary/aromatic N) is 1. The second-order valence-electron chi connectivity index (χ2n) is 6.90. The Labute approximate surface area is 205 Å². The average molecular weight is 524 g/mol. The molecular weight excluding hydrogens is 502 g/mol. The largest absolute Gasteiger partial charge is 0.494 e. The molecule has 0 bridgehead atoms. The van der Waals surface area contributed by atoms with Crippen molar-refractivity contribution >= 4 is 39.9 Å². The summed E-state index contributed by atoms with van der Waals surface area (Å²) in [7, 11) is 0. The van der Waals surface area contributed by atoms with Crippen molar-refractivity contribution in [3.05, 3.63) is 94.0 Å². The van der Waals surface area contributed by atoms with Gasteiger partial charge in [-0.3, -0.25) is 9.59 Å². The summed E-state index contributed by atoms with van der Waals surface area (Å²) in [4.78, 5) is 36.2. The highest BCUT2D eigenvalue weighted by Gasteiger charge is 2.09. The smallest absolute Gasteiger partial charge is 0.343 e. The van der Waals surface area contributed by atoms with Crippen molar-refractivity contribution < 1.29 is 23.9 Å². The maximum Gasteiger partial charge on any atom is 0.343 e. The van der Waals surface area contributed by atoms with Gasteiger partial charge in [-0.2, -0.15) is 5.10 Å². The Morgan fingerprint density at radius 2 is 1.50 bits per heavy atom. The Balaban J connectivity index is 1.42. The number of hydrogen-bond acceptors (Lipinski definition) is 6. The van der Waals surface area contributed by atoms with Gasteiger partial charge in [-0.05, 0) is 85.3 Å². The van der Waals surface area contributed by atoms with Gasteiger partial charge in [-0.1, -0.05) is 15.9 Å². The summed E-state index contributed by atoms with van der Waals surface area (Å²) in [6.07, 6.45) is 1.44. The molecule has 2 amide bonds. The van der Waals surface area contributed by atoms with Crippen LogP contribution in [0, 0.1) is 0 Å². The van der Waals surface area contributed by atoms with E-state index in [1.807, 2.05) is 6.92 Å². The van der Waals surface area contributed by atoms with Crippen molar-refractivity contribution in [1.29, 1.82) is 0 Å². The van der Waals surface area contributed by atoms with Crippen LogP contribution < -0.4 is 20.2 Å². The first-order valence-corrected chi connectivity index (χ1v) is 11.1. The third kappa shape index (κ3) is 7.56. The number of hydrogen-bond donors (Lipinski definition) is 2. The van der Waals surface area contributed by atoms with E-state index >= 15 is 0 Å². The molecule has 3 aromatic carbocycles. The van der Waals surface area contributed by atoms with Gasteiger partial charge in [0.25, 0.3) is 11.8 Å². The van der Waals surface area contributed by atoms with Gasteiger partial charge in [0, 0.05) is 10.0 Å². The Morgan fingerprint density at radius 3 is 2.15 bits per heavy atom. The Bertz CT molecular complexity index is 1160. The topological polar surface area (TPSA) is 106 Å². The number of benzene rings is 3. The molecule has 0 heterocycles. The Morgan fingerprint density at radius 1 is 0.882 bits per heavy atom. The fourth-order valence-electron chi connectivity index (χ4n) is 2.72. The van der Waals surface area contributed by atoms with Crippen LogP contribution in [-0.2, 0) is 4.79 Å². The molecule has 0 aliphatic carbocycles. The van der Waals surface area contributed by atoms with Crippen LogP contribution in [0.15, 0.2) is 82.4 Å². The number of carbonyl (C=O) groups is 3. The maximum absolute atomic E-state index is 12.2. The number of nitrogens with one attached hydrogen (secondary N) is 2. The standard InChI is InChI=1S/C25H22BrN3O5/c1-2-33-21-13-7-18(8-14-21)24(31)27-16-23(30)29-28-15-17-3-11-22(12-4-17)34-25(32)19-5-9-20(26)10-6-19/h3-15H,2,16H2,1H3,(H,27,31)(H,29,30)/b28-15-. The summed E-state index contributed by atoms with van der Waals surface area (Å²) in [6, 6.07) is 20.1. The molecule has 0 fully saturated rings. The van der Waals surface area contributed by atoms with E-state index in [-0.39, 0.29) is 12.5 Å². The summed E-state index contributed by atoms with van der Waals surface area (Å²) in [5.41, 5.74) is 3.88. The quantitative estimate of drug-likeness (QED) is 0.191. The molecule has 2 N–H and O–H groups in total. The lowest BCUT2D eigenvalue weighted by molar-refractivity contribution is -0.120. The Hall–Kier alpha value is -3.98. The molecule has 3 rings (SSSR count). The van der Waals surface area contributed by atoms with Crippen LogP contribution in [0.4, 0.5) is 0 Å². The van der Waals surface area contributed by atoms with Gasteiger partial charge < -0.3 is 14.8 Å². The molecule has 0 spiro atoms. The highest BCUT2D eigenvalue weighted by atomic mass is 79.9. The third-order valence-electron chi connectivity index (χ3n) is 4.41. The lowest BCUT2D eigenvalue weighted by Gasteiger charge is -2.06. The SMILES string of the molecule is CCOc1ccc(C(=O)NCC(=O)N/N=C\c2ccc(OC(=O)c3ccc(Br)cc3)cc2)cc1. The van der Waals surface area contributed by atoms with E-state index in [2.05, 4.69) is 31.8 Å². The highest BCUT2D eigenvalue weighted by Crippen LogP contribution is 2.16. The number of amides is 2. The van der Waals surface area contributed by atoms with E-state index in [1.54, 1.807) is 72.8 Å². The van der Waals surface area contributed by atoms with Crippen LogP contribution >= 0.6 is 15.9 Å². The van der Waals surface area contributed by atoms with E-state index in [0.29, 0.717) is 34.8 Å². The van der Waals surface area contributed by atoms with Gasteiger partial charge in [0.15, 0.2) is 0 Å². The number of hydrazone groups is 1. The molecule has 0 unspecified atom stereocenters. The Kier molecular flexibility index (Phi) is 8.93. The van der Waals surface area contributed by atoms with Crippen LogP contribution in [0.5, 0.6) is 11.5 Å². The normalized spacial score (nSPS) is 10.5. The number of ether oxygens (including phenoxy) is 2. The van der Waals surface area contributed by atoms with Crippen molar-refractivity contribution in [2.45, 2.75) is 6.92 Å². The van der Waals surface area contributed by atoms with Crippen LogP contribution in [0.3, 0.4) is 0 Å². The molecular formula is C25H22BrN3O5. The minimum Gasteiger partial charge on any atom is -0.494 e. The molecule has 8 nitrogen and oxygen atoms in total. The number of halogens is 1. The molecule has 174 valence electrons. The van der Waals surface area contributed by atoms with Crippen molar-refractivity contribution in [1.82, 2.24) is 10.7 Å². The minimum atomic E-state index is -0.476. The van der Waals surface area contributed by atoms with E-state index < -0.39 is 11.9 Å². The molecule has 0 aromatic heterocycles. The molecule has 0 atom stereocenters. The van der Waals surface area contributed by atoms with E-state index in [9.17, 15) is 14.4 Å². The molecule has 34 heavy (non-hydrogen) atoms. The molecule has 0 aliphatic rings. The molecule has 3 aromatic rings. The summed E-state index contributed by atoms with van der Waals surface area (Å²) in [5.74, 6) is -0.271. The lowest BCUT2D eigenvalue weighted by atomic mass is 10.2. The predicted molar refractivity (Wildman–Crippen MR) is 131 cm³/mol. The van der Waals surface area contributed by atoms with Crippen molar-refractivity contribution in [3.63, 3.8) is 0 Å². The monoisotopic (exact) mass is 523 g/mol. The maximum atomic E-state index is 12.2. The summed E-state index contributed by atoms with van der Waals surface area (Å²) in [6.45, 7) is 2.19. The fourth-order valence-corrected chi connectivity index (χ4v) is 2.99. The van der Waals surface area contributed by atoms with Crippen LogP contribution in [-0.4, -0.2) is 37.1 Å². The van der Waals surface area contributed by atoms with Gasteiger partial charge in [0.05, 0.1) is 24.9 Å². The number of carbonyl (C=O) groups excluding carboxylic acids is 3. The first kappa shape index (κ1) is 24.7. The predicted octanol–water partition coefficient (Wildman–Crippen LogP) is 3.95. The van der Waals surface area contributed by atoms with Gasteiger partial charge in [-0.15, -0.1) is 0 Å². The minimum absolute atomic E-state index is 0.228. The van der Waals surface area contributed by atoms with Crippen molar-refractivity contribution in [2.24, 2.45) is 5.10 Å². The van der Waals surface area contributed by atoms with Crippen molar-refractivity contribution in [3.8, 4) is 11.5 Å². The lowest BCUT2D eigenvalue weighted by Crippen LogP contribution is -2.34. The number of rotatable bonds is 9. The summed E-state index contributed by atoms with van der Waals surface area (Å²) >= 11 is 3.32. The second-order valence-corrected chi connectivity index (χ2v) is 7.81. The van der Waals surface area contributed by atoms with E-state index in [1.165, 1.54) is 6.21 Å². The van der Waals surface area contributed by atoms with Crippen molar-refractivity contribution in [2.75, 3.05) is 13.2 Å². The highest BCUT2D eigenvalue weighted by molar-refractivity contribution is 9.10. The summed E-state index contributed by atoms with van der Waals surface area (Å²) in [5, 5.41) is 6.39. The molecule has 9 heteroatoms. The van der Waals surface area contributed by atoms with Crippen LogP contribution in [0.25, 0.3) is 0 Å². The van der Waals surface area contributed by atoms with Gasteiger partial charge in [0.2, 0.25) is 0 Å². The molecule has 0 saturated carbocycles. The third-order valence-corrected chi connectivity index (χ3v) is 4.94. The van der Waals surface area contributed by atoms with Crippen LogP contribution in [0.2, 0.25) is 0 Å². The average Bonchev–Trinajstić information content (AvgIpc) is 2.84. The van der Waals surface area contributed by atoms with Crippen LogP contribution in [0.1, 0.15) is 33.2 Å². The zero-order chi connectivity index (χ0) is 24.3. The van der Waals surface area contributed by atoms with E-state index in [4.69, 9.17) is 9.47 Å². The van der Waals surface area contributed by atoms with Gasteiger partial charge in [-0.25, -0.2) is 10.2 Å². The first-order chi connectivity index (χ1) is 16.4. The fraction of sp³-hybridized carbons (Fsp3) is 0.120. The first-order valence-electron chi connectivity index (χ1n) is 10.4. The molecule has 0 aliphatic heterocycles. The van der Waals surface area contributed by atoms with E-state index in [0.717, 1.165) is 4.47 Å². The van der Waals surface area contributed by atoms with Gasteiger partial charge >= 0.3 is 5.97 Å². The zero-order valence-corrected chi connectivity index (χ0v) is 19.9. The van der Waals surface area contributed by atoms with Gasteiger partial charge in [0.1, 0.15) is 11.5 Å². The molecule has 0 radical (unpaired) electrons. The molecule has 0 saturated heterocycles. The summed E-state index contributed by atoms with van der Waals surface area (Å²) < 4.78 is 11.5. The zero-order valence-electron chi connectivity index (χ0n) is 18.3. The second kappa shape index (κ2) is 12.3.